The molecule has 0 amide bonds. The van der Waals surface area contributed by atoms with Crippen molar-refractivity contribution in [2.24, 2.45) is 0 Å². The number of imidazole rings is 1. The molecule has 0 saturated heterocycles. The van der Waals surface area contributed by atoms with E-state index in [1.54, 1.807) is 13.4 Å². The second kappa shape index (κ2) is 6.49. The zero-order chi connectivity index (χ0) is 12.8. The molecule has 0 radical (unpaired) electrons. The van der Waals surface area contributed by atoms with Crippen LogP contribution in [-0.4, -0.2) is 47.6 Å². The van der Waals surface area contributed by atoms with E-state index in [0.29, 0.717) is 19.7 Å². The van der Waals surface area contributed by atoms with Gasteiger partial charge < -0.3 is 19.7 Å². The van der Waals surface area contributed by atoms with Gasteiger partial charge in [0.15, 0.2) is 0 Å². The van der Waals surface area contributed by atoms with Crippen molar-refractivity contribution in [1.82, 2.24) is 14.9 Å². The Kier molecular flexibility index (Phi) is 4.69. The topological polar surface area (TPSA) is 59.3 Å². The summed E-state index contributed by atoms with van der Waals surface area (Å²) in [6, 6.07) is 7.91. The lowest BCUT2D eigenvalue weighted by Gasteiger charge is -2.13. The van der Waals surface area contributed by atoms with Crippen LogP contribution in [0.3, 0.4) is 0 Å². The van der Waals surface area contributed by atoms with Gasteiger partial charge >= 0.3 is 0 Å². The summed E-state index contributed by atoms with van der Waals surface area (Å²) in [6.07, 6.45) is 1.34. The third-order valence-electron chi connectivity index (χ3n) is 2.80. The predicted octanol–water partition coefficient (Wildman–Crippen LogP) is 0.633. The molecular weight excluding hydrogens is 230 g/mol. The summed E-state index contributed by atoms with van der Waals surface area (Å²) in [5.41, 5.74) is 2.01. The number of ether oxygens (including phenoxy) is 1. The van der Waals surface area contributed by atoms with E-state index < -0.39 is 6.10 Å². The molecule has 1 unspecified atom stereocenters. The molecule has 1 heterocycles. The van der Waals surface area contributed by atoms with E-state index in [0.717, 1.165) is 17.6 Å². The average molecular weight is 249 g/mol. The Hall–Kier alpha value is -1.43. The van der Waals surface area contributed by atoms with E-state index in [-0.39, 0.29) is 0 Å². The predicted molar refractivity (Wildman–Crippen MR) is 70.5 cm³/mol. The summed E-state index contributed by atoms with van der Waals surface area (Å²) in [5, 5.41) is 13.1. The van der Waals surface area contributed by atoms with Crippen molar-refractivity contribution >= 4 is 11.0 Å². The molecule has 0 aliphatic rings. The molecule has 0 saturated carbocycles. The van der Waals surface area contributed by atoms with E-state index in [4.69, 9.17) is 4.74 Å². The first-order valence-electron chi connectivity index (χ1n) is 6.09. The quantitative estimate of drug-likeness (QED) is 0.707. The van der Waals surface area contributed by atoms with E-state index in [9.17, 15) is 5.11 Å². The SMILES string of the molecule is COCCNCC(O)Cn1cnc2ccccc21. The zero-order valence-corrected chi connectivity index (χ0v) is 10.5. The molecule has 1 atom stereocenters. The number of aliphatic hydroxyl groups excluding tert-OH is 1. The molecule has 5 heteroatoms. The molecule has 0 aliphatic heterocycles. The Bertz CT molecular complexity index is 484. The summed E-state index contributed by atoms with van der Waals surface area (Å²) in [7, 11) is 1.66. The van der Waals surface area contributed by atoms with Gasteiger partial charge in [0.2, 0.25) is 0 Å². The average Bonchev–Trinajstić information content (AvgIpc) is 2.78. The monoisotopic (exact) mass is 249 g/mol. The van der Waals surface area contributed by atoms with E-state index >= 15 is 0 Å². The number of aliphatic hydroxyl groups is 1. The lowest BCUT2D eigenvalue weighted by atomic mass is 10.3. The molecule has 5 nitrogen and oxygen atoms in total. The number of benzene rings is 1. The maximum Gasteiger partial charge on any atom is 0.0959 e. The van der Waals surface area contributed by atoms with Crippen molar-refractivity contribution in [3.8, 4) is 0 Å². The fourth-order valence-corrected chi connectivity index (χ4v) is 1.89. The number of hydrogen-bond acceptors (Lipinski definition) is 4. The minimum absolute atomic E-state index is 0.431. The first-order valence-corrected chi connectivity index (χ1v) is 6.09. The number of aromatic nitrogens is 2. The second-order valence-electron chi connectivity index (χ2n) is 4.24. The zero-order valence-electron chi connectivity index (χ0n) is 10.5. The summed E-state index contributed by atoms with van der Waals surface area (Å²) in [6.45, 7) is 2.50. The smallest absolute Gasteiger partial charge is 0.0959 e. The van der Waals surface area contributed by atoms with Crippen LogP contribution in [-0.2, 0) is 11.3 Å². The Morgan fingerprint density at radius 3 is 3.11 bits per heavy atom. The molecule has 98 valence electrons. The van der Waals surface area contributed by atoms with Crippen LogP contribution in [0.2, 0.25) is 0 Å². The van der Waals surface area contributed by atoms with Crippen LogP contribution in [0, 0.1) is 0 Å². The lowest BCUT2D eigenvalue weighted by molar-refractivity contribution is 0.145. The summed E-state index contributed by atoms with van der Waals surface area (Å²) in [4.78, 5) is 4.29. The first kappa shape index (κ1) is 13.0. The Morgan fingerprint density at radius 1 is 1.44 bits per heavy atom. The standard InChI is InChI=1S/C13H19N3O2/c1-18-7-6-14-8-11(17)9-16-10-15-12-4-2-3-5-13(12)16/h2-5,10-11,14,17H,6-9H2,1H3. The first-order chi connectivity index (χ1) is 8.81. The highest BCUT2D eigenvalue weighted by Gasteiger charge is 2.07. The molecule has 1 aromatic heterocycles. The van der Waals surface area contributed by atoms with Gasteiger partial charge in [0.25, 0.3) is 0 Å². The van der Waals surface area contributed by atoms with Crippen molar-refractivity contribution in [3.63, 3.8) is 0 Å². The number of nitrogens with one attached hydrogen (secondary N) is 1. The number of rotatable bonds is 7. The van der Waals surface area contributed by atoms with Gasteiger partial charge in [-0.1, -0.05) is 12.1 Å². The number of para-hydroxylation sites is 2. The fraction of sp³-hybridized carbons (Fsp3) is 0.462. The minimum Gasteiger partial charge on any atom is -0.390 e. The van der Waals surface area contributed by atoms with Gasteiger partial charge in [-0.3, -0.25) is 0 Å². The highest BCUT2D eigenvalue weighted by atomic mass is 16.5. The third kappa shape index (κ3) is 3.29. The summed E-state index contributed by atoms with van der Waals surface area (Å²) < 4.78 is 6.90. The molecule has 2 N–H and O–H groups in total. The van der Waals surface area contributed by atoms with Crippen molar-refractivity contribution in [2.75, 3.05) is 26.8 Å². The molecule has 0 bridgehead atoms. The van der Waals surface area contributed by atoms with E-state index in [1.807, 2.05) is 28.8 Å². The van der Waals surface area contributed by atoms with Crippen molar-refractivity contribution in [1.29, 1.82) is 0 Å². The van der Waals surface area contributed by atoms with Gasteiger partial charge in [-0.05, 0) is 12.1 Å². The second-order valence-corrected chi connectivity index (χ2v) is 4.24. The Balaban J connectivity index is 1.88. The van der Waals surface area contributed by atoms with Crippen LogP contribution in [0.5, 0.6) is 0 Å². The maximum absolute atomic E-state index is 9.93. The van der Waals surface area contributed by atoms with Gasteiger partial charge in [-0.25, -0.2) is 4.98 Å². The number of nitrogens with zero attached hydrogens (tertiary/aromatic N) is 2. The normalized spacial score (nSPS) is 13.0. The van der Waals surface area contributed by atoms with Gasteiger partial charge in [-0.2, -0.15) is 0 Å². The summed E-state index contributed by atoms with van der Waals surface area (Å²) in [5.74, 6) is 0. The van der Waals surface area contributed by atoms with Crippen molar-refractivity contribution in [3.05, 3.63) is 30.6 Å². The maximum atomic E-state index is 9.93. The van der Waals surface area contributed by atoms with Crippen LogP contribution >= 0.6 is 0 Å². The fourth-order valence-electron chi connectivity index (χ4n) is 1.89. The molecule has 2 aromatic rings. The van der Waals surface area contributed by atoms with Crippen LogP contribution in [0.15, 0.2) is 30.6 Å². The molecular formula is C13H19N3O2. The van der Waals surface area contributed by atoms with E-state index in [1.165, 1.54) is 0 Å². The van der Waals surface area contributed by atoms with Gasteiger partial charge in [0.1, 0.15) is 0 Å². The molecule has 0 fully saturated rings. The minimum atomic E-state index is -0.431. The highest BCUT2D eigenvalue weighted by molar-refractivity contribution is 5.74. The lowest BCUT2D eigenvalue weighted by Crippen LogP contribution is -2.32. The van der Waals surface area contributed by atoms with Crippen LogP contribution < -0.4 is 5.32 Å². The molecule has 2 rings (SSSR count). The van der Waals surface area contributed by atoms with Crippen LogP contribution in [0.25, 0.3) is 11.0 Å². The van der Waals surface area contributed by atoms with Crippen LogP contribution in [0.1, 0.15) is 0 Å². The van der Waals surface area contributed by atoms with E-state index in [2.05, 4.69) is 10.3 Å². The van der Waals surface area contributed by atoms with Crippen LogP contribution in [0.4, 0.5) is 0 Å². The molecule has 0 spiro atoms. The van der Waals surface area contributed by atoms with Gasteiger partial charge in [-0.15, -0.1) is 0 Å². The largest absolute Gasteiger partial charge is 0.390 e. The molecule has 1 aromatic carbocycles. The van der Waals surface area contributed by atoms with Gasteiger partial charge in [0, 0.05) is 20.2 Å². The number of fused-ring (bicyclic) bond motifs is 1. The molecule has 0 aliphatic carbocycles. The third-order valence-corrected chi connectivity index (χ3v) is 2.80. The Morgan fingerprint density at radius 2 is 2.28 bits per heavy atom. The number of methoxy groups -OCH3 is 1. The molecule has 18 heavy (non-hydrogen) atoms. The highest BCUT2D eigenvalue weighted by Crippen LogP contribution is 2.11. The van der Waals surface area contributed by atoms with Gasteiger partial charge in [0.05, 0.1) is 36.6 Å². The summed E-state index contributed by atoms with van der Waals surface area (Å²) >= 11 is 0. The van der Waals surface area contributed by atoms with Crippen molar-refractivity contribution in [2.45, 2.75) is 12.6 Å². The Labute approximate surface area is 106 Å². The number of hydrogen-bond donors (Lipinski definition) is 2. The van der Waals surface area contributed by atoms with Crippen molar-refractivity contribution < 1.29 is 9.84 Å².